The number of thioether (sulfide) groups is 1. The third kappa shape index (κ3) is 2.54. The molecule has 0 atom stereocenters. The molecule has 1 fully saturated rings. The number of aromatic nitrogens is 4. The van der Waals surface area contributed by atoms with Crippen LogP contribution in [0.15, 0.2) is 30.3 Å². The van der Waals surface area contributed by atoms with Crippen LogP contribution in [0.1, 0.15) is 5.82 Å². The second-order valence-electron chi connectivity index (χ2n) is 4.38. The average molecular weight is 261 g/mol. The van der Waals surface area contributed by atoms with Crippen molar-refractivity contribution in [1.82, 2.24) is 25.5 Å². The molecular weight excluding hydrogens is 246 g/mol. The number of nitrogens with zero attached hydrogens (tertiary/aromatic N) is 4. The smallest absolute Gasteiger partial charge is 0.166 e. The Balaban J connectivity index is 1.64. The number of benzene rings is 1. The largest absolute Gasteiger partial charge is 0.316 e. The van der Waals surface area contributed by atoms with E-state index in [9.17, 15) is 0 Å². The van der Waals surface area contributed by atoms with E-state index in [4.69, 9.17) is 0 Å². The molecule has 6 heteroatoms. The Bertz CT molecular complexity index is 494. The first-order valence-electron chi connectivity index (χ1n) is 6.04. The Kier molecular flexibility index (Phi) is 3.56. The molecule has 1 aliphatic heterocycles. The van der Waals surface area contributed by atoms with E-state index in [2.05, 4.69) is 20.8 Å². The molecule has 0 aliphatic carbocycles. The third-order valence-electron chi connectivity index (χ3n) is 2.99. The normalized spacial score (nSPS) is 15.6. The van der Waals surface area contributed by atoms with Gasteiger partial charge < -0.3 is 5.32 Å². The highest BCUT2D eigenvalue weighted by molar-refractivity contribution is 7.98. The first kappa shape index (κ1) is 11.7. The second-order valence-corrected chi connectivity index (χ2v) is 5.41. The fourth-order valence-electron chi connectivity index (χ4n) is 1.85. The van der Waals surface area contributed by atoms with Crippen molar-refractivity contribution in [3.8, 4) is 5.69 Å². The molecule has 1 N–H and O–H groups in total. The lowest BCUT2D eigenvalue weighted by molar-refractivity contribution is 0.385. The Morgan fingerprint density at radius 2 is 2.11 bits per heavy atom. The molecule has 94 valence electrons. The average Bonchev–Trinajstić information content (AvgIpc) is 2.82. The summed E-state index contributed by atoms with van der Waals surface area (Å²) < 4.78 is 1.81. The minimum absolute atomic E-state index is 0.816. The van der Waals surface area contributed by atoms with Gasteiger partial charge in [0.15, 0.2) is 5.82 Å². The van der Waals surface area contributed by atoms with Crippen molar-refractivity contribution in [1.29, 1.82) is 0 Å². The Morgan fingerprint density at radius 1 is 1.28 bits per heavy atom. The van der Waals surface area contributed by atoms with Crippen LogP contribution < -0.4 is 5.32 Å². The van der Waals surface area contributed by atoms with Crippen LogP contribution in [-0.4, -0.2) is 39.0 Å². The van der Waals surface area contributed by atoms with Crippen molar-refractivity contribution in [3.05, 3.63) is 36.2 Å². The standard InChI is InChI=1S/C12H15N5S/c1-2-4-11(5-3-1)17-12(14-15-16-17)9-18-8-10-6-13-7-10/h1-5,10,13H,6-9H2. The minimum atomic E-state index is 0.816. The highest BCUT2D eigenvalue weighted by Gasteiger charge is 2.17. The molecule has 1 aromatic heterocycles. The Morgan fingerprint density at radius 3 is 2.83 bits per heavy atom. The lowest BCUT2D eigenvalue weighted by Gasteiger charge is -2.26. The number of rotatable bonds is 5. The van der Waals surface area contributed by atoms with Crippen LogP contribution in [0.3, 0.4) is 0 Å². The molecule has 0 saturated carbocycles. The van der Waals surface area contributed by atoms with Crippen LogP contribution in [0.5, 0.6) is 0 Å². The monoisotopic (exact) mass is 261 g/mol. The van der Waals surface area contributed by atoms with Crippen molar-refractivity contribution in [3.63, 3.8) is 0 Å². The summed E-state index contributed by atoms with van der Waals surface area (Å²) in [5.41, 5.74) is 1.02. The number of tetrazole rings is 1. The molecule has 0 bridgehead atoms. The summed E-state index contributed by atoms with van der Waals surface area (Å²) in [6.07, 6.45) is 0. The van der Waals surface area contributed by atoms with E-state index in [1.807, 2.05) is 46.8 Å². The van der Waals surface area contributed by atoms with Crippen LogP contribution in [0, 0.1) is 5.92 Å². The maximum absolute atomic E-state index is 4.10. The zero-order chi connectivity index (χ0) is 12.2. The topological polar surface area (TPSA) is 55.6 Å². The van der Waals surface area contributed by atoms with Crippen LogP contribution in [0.2, 0.25) is 0 Å². The first-order chi connectivity index (χ1) is 8.93. The molecule has 0 unspecified atom stereocenters. The van der Waals surface area contributed by atoms with E-state index >= 15 is 0 Å². The van der Waals surface area contributed by atoms with E-state index in [1.54, 1.807) is 0 Å². The van der Waals surface area contributed by atoms with Crippen molar-refractivity contribution in [2.24, 2.45) is 5.92 Å². The lowest BCUT2D eigenvalue weighted by Crippen LogP contribution is -2.43. The molecule has 5 nitrogen and oxygen atoms in total. The SMILES string of the molecule is c1ccc(-n2nnnc2CSCC2CNC2)cc1. The molecule has 2 heterocycles. The van der Waals surface area contributed by atoms with Gasteiger partial charge in [0.2, 0.25) is 0 Å². The lowest BCUT2D eigenvalue weighted by atomic mass is 10.1. The number of hydrogen-bond donors (Lipinski definition) is 1. The zero-order valence-corrected chi connectivity index (χ0v) is 10.8. The highest BCUT2D eigenvalue weighted by atomic mass is 32.2. The van der Waals surface area contributed by atoms with Gasteiger partial charge >= 0.3 is 0 Å². The maximum atomic E-state index is 4.10. The van der Waals surface area contributed by atoms with Gasteiger partial charge in [-0.05, 0) is 47.3 Å². The summed E-state index contributed by atoms with van der Waals surface area (Å²) in [5.74, 6) is 3.77. The third-order valence-corrected chi connectivity index (χ3v) is 4.16. The van der Waals surface area contributed by atoms with Crippen LogP contribution in [0.4, 0.5) is 0 Å². The van der Waals surface area contributed by atoms with Gasteiger partial charge in [0.25, 0.3) is 0 Å². The predicted octanol–water partition coefficient (Wildman–Crippen LogP) is 1.11. The van der Waals surface area contributed by atoms with Gasteiger partial charge in [-0.1, -0.05) is 18.2 Å². The van der Waals surface area contributed by atoms with Gasteiger partial charge in [0.05, 0.1) is 11.4 Å². The first-order valence-corrected chi connectivity index (χ1v) is 7.20. The van der Waals surface area contributed by atoms with Crippen LogP contribution in [0.25, 0.3) is 5.69 Å². The van der Waals surface area contributed by atoms with Crippen molar-refractivity contribution >= 4 is 11.8 Å². The van der Waals surface area contributed by atoms with E-state index in [0.717, 1.165) is 36.3 Å². The van der Waals surface area contributed by atoms with Gasteiger partial charge in [0, 0.05) is 0 Å². The van der Waals surface area contributed by atoms with E-state index in [1.165, 1.54) is 5.75 Å². The molecule has 0 amide bonds. The molecule has 0 spiro atoms. The molecule has 1 aliphatic rings. The quantitative estimate of drug-likeness (QED) is 0.874. The molecule has 18 heavy (non-hydrogen) atoms. The van der Waals surface area contributed by atoms with Gasteiger partial charge in [-0.2, -0.15) is 16.4 Å². The fourth-order valence-corrected chi connectivity index (χ4v) is 2.90. The van der Waals surface area contributed by atoms with E-state index < -0.39 is 0 Å². The fraction of sp³-hybridized carbons (Fsp3) is 0.417. The predicted molar refractivity (Wildman–Crippen MR) is 71.7 cm³/mol. The molecule has 3 rings (SSSR count). The summed E-state index contributed by atoms with van der Waals surface area (Å²) in [6, 6.07) is 10.0. The summed E-state index contributed by atoms with van der Waals surface area (Å²) >= 11 is 1.90. The van der Waals surface area contributed by atoms with E-state index in [0.29, 0.717) is 0 Å². The number of nitrogens with one attached hydrogen (secondary N) is 1. The van der Waals surface area contributed by atoms with Gasteiger partial charge in [-0.3, -0.25) is 0 Å². The highest BCUT2D eigenvalue weighted by Crippen LogP contribution is 2.17. The Hall–Kier alpha value is -1.40. The minimum Gasteiger partial charge on any atom is -0.316 e. The molecule has 1 saturated heterocycles. The van der Waals surface area contributed by atoms with Crippen LogP contribution >= 0.6 is 11.8 Å². The Labute approximate surface area is 110 Å². The number of para-hydroxylation sites is 1. The zero-order valence-electron chi connectivity index (χ0n) is 9.99. The number of hydrogen-bond acceptors (Lipinski definition) is 5. The van der Waals surface area contributed by atoms with E-state index in [-0.39, 0.29) is 0 Å². The van der Waals surface area contributed by atoms with Crippen molar-refractivity contribution in [2.75, 3.05) is 18.8 Å². The maximum Gasteiger partial charge on any atom is 0.166 e. The summed E-state index contributed by atoms with van der Waals surface area (Å²) in [7, 11) is 0. The second kappa shape index (κ2) is 5.49. The van der Waals surface area contributed by atoms with Crippen LogP contribution in [-0.2, 0) is 5.75 Å². The van der Waals surface area contributed by atoms with Gasteiger partial charge in [-0.25, -0.2) is 0 Å². The summed E-state index contributed by atoms with van der Waals surface area (Å²) in [4.78, 5) is 0. The van der Waals surface area contributed by atoms with Gasteiger partial charge in [0.1, 0.15) is 0 Å². The molecule has 2 aromatic rings. The van der Waals surface area contributed by atoms with Crippen molar-refractivity contribution < 1.29 is 0 Å². The van der Waals surface area contributed by atoms with Crippen molar-refractivity contribution in [2.45, 2.75) is 5.75 Å². The summed E-state index contributed by atoms with van der Waals surface area (Å²) in [5, 5.41) is 15.2. The van der Waals surface area contributed by atoms with Gasteiger partial charge in [-0.15, -0.1) is 5.10 Å². The molecule has 0 radical (unpaired) electrons. The summed E-state index contributed by atoms with van der Waals surface area (Å²) in [6.45, 7) is 2.30. The molecular formula is C12H15N5S. The molecule has 1 aromatic carbocycles.